The topological polar surface area (TPSA) is 66.4 Å². The van der Waals surface area contributed by atoms with Gasteiger partial charge in [-0.1, -0.05) is 32.9 Å². The molecule has 1 aliphatic heterocycles. The number of nitrogens with one attached hydrogen (secondary N) is 1. The molecule has 4 nitrogen and oxygen atoms in total. The Labute approximate surface area is 106 Å². The van der Waals surface area contributed by atoms with E-state index in [2.05, 4.69) is 26.1 Å². The summed E-state index contributed by atoms with van der Waals surface area (Å²) in [6, 6.07) is 4.88. The van der Waals surface area contributed by atoms with Gasteiger partial charge in [0.15, 0.2) is 0 Å². The van der Waals surface area contributed by atoms with Crippen molar-refractivity contribution in [2.24, 2.45) is 0 Å². The van der Waals surface area contributed by atoms with Crippen molar-refractivity contribution in [3.63, 3.8) is 0 Å². The third-order valence-electron chi connectivity index (χ3n) is 3.25. The van der Waals surface area contributed by atoms with Gasteiger partial charge in [0, 0.05) is 12.0 Å². The first-order chi connectivity index (χ1) is 8.29. The predicted molar refractivity (Wildman–Crippen MR) is 67.7 cm³/mol. The highest BCUT2D eigenvalue weighted by Crippen LogP contribution is 2.26. The SMILES string of the molecule is CC(C)(C)c1ccc2c(c1)C(=O)NC(C(=O)O)C2. The van der Waals surface area contributed by atoms with E-state index in [9.17, 15) is 9.59 Å². The average Bonchev–Trinajstić information content (AvgIpc) is 2.27. The summed E-state index contributed by atoms with van der Waals surface area (Å²) in [4.78, 5) is 22.8. The quantitative estimate of drug-likeness (QED) is 0.794. The molecule has 18 heavy (non-hydrogen) atoms. The minimum atomic E-state index is -0.992. The van der Waals surface area contributed by atoms with Gasteiger partial charge in [-0.25, -0.2) is 4.79 Å². The molecule has 0 bridgehead atoms. The number of aliphatic carboxylic acids is 1. The van der Waals surface area contributed by atoms with Gasteiger partial charge in [0.05, 0.1) is 0 Å². The minimum absolute atomic E-state index is 0.0288. The number of carboxylic acid groups (broad SMARTS) is 1. The molecule has 96 valence electrons. The number of amides is 1. The Bertz CT molecular complexity index is 514. The molecule has 1 aliphatic rings. The number of benzene rings is 1. The summed E-state index contributed by atoms with van der Waals surface area (Å²) in [5.74, 6) is -1.29. The van der Waals surface area contributed by atoms with Gasteiger partial charge in [-0.05, 0) is 22.6 Å². The highest BCUT2D eigenvalue weighted by molar-refractivity contribution is 6.00. The summed E-state index contributed by atoms with van der Waals surface area (Å²) in [5.41, 5.74) is 2.45. The van der Waals surface area contributed by atoms with Crippen molar-refractivity contribution in [2.75, 3.05) is 0 Å². The molecule has 0 aromatic heterocycles. The van der Waals surface area contributed by atoms with Gasteiger partial charge in [-0.15, -0.1) is 0 Å². The van der Waals surface area contributed by atoms with E-state index >= 15 is 0 Å². The molecule has 1 heterocycles. The minimum Gasteiger partial charge on any atom is -0.480 e. The first kappa shape index (κ1) is 12.6. The molecule has 2 N–H and O–H groups in total. The van der Waals surface area contributed by atoms with Crippen LogP contribution in [0.1, 0.15) is 42.3 Å². The van der Waals surface area contributed by atoms with Crippen molar-refractivity contribution >= 4 is 11.9 Å². The zero-order valence-electron chi connectivity index (χ0n) is 10.8. The average molecular weight is 247 g/mol. The number of hydrogen-bond donors (Lipinski definition) is 2. The van der Waals surface area contributed by atoms with Gasteiger partial charge in [-0.2, -0.15) is 0 Å². The van der Waals surface area contributed by atoms with Gasteiger partial charge in [0.25, 0.3) is 5.91 Å². The zero-order valence-corrected chi connectivity index (χ0v) is 10.8. The van der Waals surface area contributed by atoms with E-state index in [-0.39, 0.29) is 11.3 Å². The van der Waals surface area contributed by atoms with Crippen LogP contribution in [-0.2, 0) is 16.6 Å². The Hall–Kier alpha value is -1.84. The van der Waals surface area contributed by atoms with E-state index in [4.69, 9.17) is 5.11 Å². The van der Waals surface area contributed by atoms with Gasteiger partial charge in [0.2, 0.25) is 0 Å². The number of carbonyl (C=O) groups is 2. The van der Waals surface area contributed by atoms with E-state index in [1.807, 2.05) is 18.2 Å². The molecular weight excluding hydrogens is 230 g/mol. The molecule has 0 fully saturated rings. The van der Waals surface area contributed by atoms with Gasteiger partial charge in [0.1, 0.15) is 6.04 Å². The first-order valence-electron chi connectivity index (χ1n) is 5.96. The van der Waals surface area contributed by atoms with E-state index in [0.717, 1.165) is 11.1 Å². The molecule has 1 unspecified atom stereocenters. The highest BCUT2D eigenvalue weighted by atomic mass is 16.4. The van der Waals surface area contributed by atoms with Crippen LogP contribution in [0.15, 0.2) is 18.2 Å². The Morgan fingerprint density at radius 3 is 2.61 bits per heavy atom. The predicted octanol–water partition coefficient (Wildman–Crippen LogP) is 1.72. The third kappa shape index (κ3) is 2.23. The maximum atomic E-state index is 11.9. The molecule has 0 aliphatic carbocycles. The van der Waals surface area contributed by atoms with E-state index in [1.165, 1.54) is 0 Å². The van der Waals surface area contributed by atoms with Crippen LogP contribution >= 0.6 is 0 Å². The lowest BCUT2D eigenvalue weighted by molar-refractivity contribution is -0.139. The summed E-state index contributed by atoms with van der Waals surface area (Å²) in [6.07, 6.45) is 0.348. The molecule has 0 radical (unpaired) electrons. The van der Waals surface area contributed by atoms with Crippen LogP contribution in [0.3, 0.4) is 0 Å². The normalized spacial score (nSPS) is 19.1. The van der Waals surface area contributed by atoms with Crippen LogP contribution in [0.2, 0.25) is 0 Å². The van der Waals surface area contributed by atoms with Crippen LogP contribution in [0.25, 0.3) is 0 Å². The Morgan fingerprint density at radius 1 is 1.39 bits per heavy atom. The fourth-order valence-corrected chi connectivity index (χ4v) is 2.09. The van der Waals surface area contributed by atoms with Gasteiger partial charge < -0.3 is 10.4 Å². The van der Waals surface area contributed by atoms with E-state index in [1.54, 1.807) is 0 Å². The third-order valence-corrected chi connectivity index (χ3v) is 3.25. The highest BCUT2D eigenvalue weighted by Gasteiger charge is 2.29. The van der Waals surface area contributed by atoms with Crippen molar-refractivity contribution in [3.8, 4) is 0 Å². The fourth-order valence-electron chi connectivity index (χ4n) is 2.09. The number of hydrogen-bond acceptors (Lipinski definition) is 2. The maximum absolute atomic E-state index is 11.9. The Balaban J connectivity index is 2.41. The molecule has 0 spiro atoms. The van der Waals surface area contributed by atoms with Crippen molar-refractivity contribution in [2.45, 2.75) is 38.6 Å². The number of rotatable bonds is 1. The molecule has 0 saturated carbocycles. The summed E-state index contributed by atoms with van der Waals surface area (Å²) in [6.45, 7) is 6.24. The summed E-state index contributed by atoms with van der Waals surface area (Å²) in [7, 11) is 0. The molecule has 0 saturated heterocycles. The second-order valence-corrected chi connectivity index (χ2v) is 5.69. The zero-order chi connectivity index (χ0) is 13.5. The molecule has 1 aromatic rings. The molecule has 1 atom stereocenters. The molecule has 2 rings (SSSR count). The number of carbonyl (C=O) groups excluding carboxylic acids is 1. The molecular formula is C14H17NO3. The van der Waals surface area contributed by atoms with Gasteiger partial charge >= 0.3 is 5.97 Å². The van der Waals surface area contributed by atoms with Crippen LogP contribution in [0.5, 0.6) is 0 Å². The summed E-state index contributed by atoms with van der Waals surface area (Å²) >= 11 is 0. The van der Waals surface area contributed by atoms with Crippen LogP contribution < -0.4 is 5.32 Å². The Morgan fingerprint density at radius 2 is 2.06 bits per heavy atom. The summed E-state index contributed by atoms with van der Waals surface area (Å²) < 4.78 is 0. The first-order valence-corrected chi connectivity index (χ1v) is 5.96. The fraction of sp³-hybridized carbons (Fsp3) is 0.429. The van der Waals surface area contributed by atoms with E-state index in [0.29, 0.717) is 12.0 Å². The van der Waals surface area contributed by atoms with Crippen molar-refractivity contribution in [1.82, 2.24) is 5.32 Å². The van der Waals surface area contributed by atoms with Crippen molar-refractivity contribution in [3.05, 3.63) is 34.9 Å². The van der Waals surface area contributed by atoms with Crippen LogP contribution in [-0.4, -0.2) is 23.0 Å². The Kier molecular flexibility index (Phi) is 2.89. The van der Waals surface area contributed by atoms with Crippen molar-refractivity contribution < 1.29 is 14.7 Å². The monoisotopic (exact) mass is 247 g/mol. The van der Waals surface area contributed by atoms with Crippen LogP contribution in [0, 0.1) is 0 Å². The molecule has 1 aromatic carbocycles. The van der Waals surface area contributed by atoms with Crippen LogP contribution in [0.4, 0.5) is 0 Å². The van der Waals surface area contributed by atoms with Crippen molar-refractivity contribution in [1.29, 1.82) is 0 Å². The smallest absolute Gasteiger partial charge is 0.326 e. The maximum Gasteiger partial charge on any atom is 0.326 e. The standard InChI is InChI=1S/C14H17NO3/c1-14(2,3)9-5-4-8-6-11(13(17)18)15-12(16)10(8)7-9/h4-5,7,11H,6H2,1-3H3,(H,15,16)(H,17,18). The van der Waals surface area contributed by atoms with Gasteiger partial charge in [-0.3, -0.25) is 4.79 Å². The second-order valence-electron chi connectivity index (χ2n) is 5.69. The molecule has 1 amide bonds. The molecule has 4 heteroatoms. The lowest BCUT2D eigenvalue weighted by Gasteiger charge is -2.26. The lowest BCUT2D eigenvalue weighted by Crippen LogP contribution is -2.46. The number of carboxylic acids is 1. The lowest BCUT2D eigenvalue weighted by atomic mass is 9.83. The largest absolute Gasteiger partial charge is 0.480 e. The van der Waals surface area contributed by atoms with E-state index < -0.39 is 12.0 Å². The number of fused-ring (bicyclic) bond motifs is 1. The summed E-state index contributed by atoms with van der Waals surface area (Å²) in [5, 5.41) is 11.5. The second kappa shape index (κ2) is 4.12.